The van der Waals surface area contributed by atoms with Crippen LogP contribution in [0.3, 0.4) is 0 Å². The number of carbonyl (C=O) groups is 6. The summed E-state index contributed by atoms with van der Waals surface area (Å²) in [6.07, 6.45) is -1.58. The number of hydrogen-bond acceptors (Lipinski definition) is 14. The molecule has 0 bridgehead atoms. The molecule has 16 heteroatoms. The number of hydrogen-bond donors (Lipinski definition) is 2. The first-order valence-corrected chi connectivity index (χ1v) is 16.8. The van der Waals surface area contributed by atoms with E-state index in [1.54, 1.807) is 55.4 Å². The number of nitrogens with one attached hydrogen (secondary N) is 2. The normalized spacial score (nSPS) is 11.9. The van der Waals surface area contributed by atoms with Gasteiger partial charge in [-0.25, -0.2) is 28.8 Å². The summed E-state index contributed by atoms with van der Waals surface area (Å²) in [7, 11) is 2.22. The lowest BCUT2D eigenvalue weighted by Gasteiger charge is -2.23. The molecule has 2 atom stereocenters. The minimum atomic E-state index is -1.15. The summed E-state index contributed by atoms with van der Waals surface area (Å²) in [6, 6.07) is -2.29. The highest BCUT2D eigenvalue weighted by molar-refractivity contribution is 8.76. The lowest BCUT2D eigenvalue weighted by molar-refractivity contribution is -0.146. The van der Waals surface area contributed by atoms with Crippen LogP contribution in [0.5, 0.6) is 0 Å². The fourth-order valence-corrected chi connectivity index (χ4v) is 4.98. The van der Waals surface area contributed by atoms with E-state index in [0.717, 1.165) is 21.6 Å². The van der Waals surface area contributed by atoms with Gasteiger partial charge < -0.3 is 39.1 Å². The van der Waals surface area contributed by atoms with Crippen molar-refractivity contribution in [1.82, 2.24) is 10.6 Å². The van der Waals surface area contributed by atoms with Gasteiger partial charge in [-0.3, -0.25) is 0 Å². The van der Waals surface area contributed by atoms with Gasteiger partial charge in [-0.05, 0) is 55.4 Å². The third-order valence-electron chi connectivity index (χ3n) is 4.38. The SMILES string of the molecule is CCOC(=O)C#CCCOC(=O)[C@H](CSSC[C@H](NC(=O)OC(C)(C)C)C(=O)OCCC#CC(=O)OCC)NC(=O)OC(C)(C)C. The van der Waals surface area contributed by atoms with Gasteiger partial charge in [0, 0.05) is 36.2 Å². The molecule has 0 radical (unpaired) electrons. The summed E-state index contributed by atoms with van der Waals surface area (Å²) >= 11 is 0. The van der Waals surface area contributed by atoms with E-state index < -0.39 is 59.3 Å². The largest absolute Gasteiger partial charge is 0.463 e. The van der Waals surface area contributed by atoms with Gasteiger partial charge in [-0.2, -0.15) is 0 Å². The van der Waals surface area contributed by atoms with E-state index in [2.05, 4.69) is 34.3 Å². The predicted octanol–water partition coefficient (Wildman–Crippen LogP) is 3.15. The molecule has 0 aliphatic heterocycles. The Bertz CT molecular complexity index is 1070. The molecule has 2 N–H and O–H groups in total. The van der Waals surface area contributed by atoms with Gasteiger partial charge in [-0.15, -0.1) is 0 Å². The number of amides is 2. The van der Waals surface area contributed by atoms with Crippen molar-refractivity contribution < 1.29 is 57.2 Å². The second kappa shape index (κ2) is 22.7. The van der Waals surface area contributed by atoms with E-state index in [-0.39, 0.29) is 50.8 Å². The number of alkyl carbamates (subject to hydrolysis) is 2. The van der Waals surface area contributed by atoms with Crippen LogP contribution in [0, 0.1) is 23.7 Å². The molecule has 46 heavy (non-hydrogen) atoms. The van der Waals surface area contributed by atoms with E-state index in [1.165, 1.54) is 0 Å². The van der Waals surface area contributed by atoms with Crippen LogP contribution in [-0.4, -0.2) is 97.3 Å². The zero-order chi connectivity index (χ0) is 35.2. The van der Waals surface area contributed by atoms with Gasteiger partial charge in [0.2, 0.25) is 0 Å². The number of esters is 4. The van der Waals surface area contributed by atoms with Crippen molar-refractivity contribution in [2.75, 3.05) is 37.9 Å². The third-order valence-corrected chi connectivity index (χ3v) is 6.80. The maximum Gasteiger partial charge on any atom is 0.408 e. The van der Waals surface area contributed by atoms with Crippen LogP contribution in [0.2, 0.25) is 0 Å². The molecular weight excluding hydrogens is 644 g/mol. The summed E-state index contributed by atoms with van der Waals surface area (Å²) in [5.74, 6) is 6.63. The molecular formula is C30H44N2O12S2. The number of rotatable bonds is 15. The van der Waals surface area contributed by atoms with Gasteiger partial charge in [0.25, 0.3) is 0 Å². The molecule has 0 aliphatic carbocycles. The fourth-order valence-electron chi connectivity index (χ4n) is 2.68. The maximum absolute atomic E-state index is 12.8. The quantitative estimate of drug-likeness (QED) is 0.0639. The van der Waals surface area contributed by atoms with Crippen molar-refractivity contribution >= 4 is 57.7 Å². The smallest absolute Gasteiger partial charge is 0.408 e. The highest BCUT2D eigenvalue weighted by atomic mass is 33.1. The molecule has 0 saturated carbocycles. The zero-order valence-corrected chi connectivity index (χ0v) is 29.2. The lowest BCUT2D eigenvalue weighted by atomic mass is 10.2. The standard InChI is InChI=1S/C30H44N2O12S2/c1-9-39-23(33)15-11-13-17-41-25(35)21(31-27(37)43-29(3,4)5)19-45-46-20-22(32-28(38)44-30(6,7)8)26(36)42-18-14-12-16-24(34)40-10-2/h21-22H,9-10,13-14,17-20H2,1-8H3,(H,31,37)(H,32,38)/t21-,22-/m0/s1. The van der Waals surface area contributed by atoms with Gasteiger partial charge in [0.15, 0.2) is 0 Å². The van der Waals surface area contributed by atoms with Crippen LogP contribution in [0.4, 0.5) is 9.59 Å². The molecule has 2 amide bonds. The molecule has 0 aromatic heterocycles. The molecule has 14 nitrogen and oxygen atoms in total. The summed E-state index contributed by atoms with van der Waals surface area (Å²) in [5.41, 5.74) is -1.65. The van der Waals surface area contributed by atoms with Crippen LogP contribution in [0.15, 0.2) is 0 Å². The molecule has 0 aromatic carbocycles. The van der Waals surface area contributed by atoms with Crippen molar-refractivity contribution in [1.29, 1.82) is 0 Å². The van der Waals surface area contributed by atoms with Gasteiger partial charge in [0.1, 0.15) is 36.5 Å². The molecule has 0 fully saturated rings. The second-order valence-electron chi connectivity index (χ2n) is 10.8. The van der Waals surface area contributed by atoms with Crippen molar-refractivity contribution in [2.24, 2.45) is 0 Å². The first-order chi connectivity index (χ1) is 21.5. The summed E-state index contributed by atoms with van der Waals surface area (Å²) in [5, 5.41) is 4.93. The monoisotopic (exact) mass is 688 g/mol. The molecule has 0 unspecified atom stereocenters. The topological polar surface area (TPSA) is 182 Å². The van der Waals surface area contributed by atoms with Crippen LogP contribution < -0.4 is 10.6 Å². The number of carbonyl (C=O) groups excluding carboxylic acids is 6. The first kappa shape index (κ1) is 42.2. The summed E-state index contributed by atoms with van der Waals surface area (Å²) < 4.78 is 30.3. The zero-order valence-electron chi connectivity index (χ0n) is 27.5. The lowest BCUT2D eigenvalue weighted by Crippen LogP contribution is -2.46. The van der Waals surface area contributed by atoms with E-state index >= 15 is 0 Å². The van der Waals surface area contributed by atoms with E-state index in [0.29, 0.717) is 0 Å². The van der Waals surface area contributed by atoms with E-state index in [4.69, 9.17) is 28.4 Å². The Balaban J connectivity index is 5.33. The average molecular weight is 689 g/mol. The van der Waals surface area contributed by atoms with Crippen molar-refractivity contribution in [3.63, 3.8) is 0 Å². The molecule has 0 aromatic rings. The van der Waals surface area contributed by atoms with Gasteiger partial charge >= 0.3 is 36.1 Å². The molecule has 258 valence electrons. The Kier molecular flexibility index (Phi) is 20.8. The van der Waals surface area contributed by atoms with E-state index in [9.17, 15) is 28.8 Å². The molecule has 0 spiro atoms. The van der Waals surface area contributed by atoms with Crippen LogP contribution in [0.1, 0.15) is 68.2 Å². The van der Waals surface area contributed by atoms with Crippen molar-refractivity contribution in [3.8, 4) is 23.7 Å². The van der Waals surface area contributed by atoms with Crippen LogP contribution in [-0.2, 0) is 47.6 Å². The Labute approximate surface area is 278 Å². The Hall–Kier alpha value is -3.76. The van der Waals surface area contributed by atoms with Crippen LogP contribution in [0.25, 0.3) is 0 Å². The van der Waals surface area contributed by atoms with E-state index in [1.807, 2.05) is 0 Å². The minimum absolute atomic E-state index is 0.00506. The van der Waals surface area contributed by atoms with Gasteiger partial charge in [0.05, 0.1) is 13.2 Å². The molecule has 0 aliphatic rings. The molecule has 0 saturated heterocycles. The molecule has 0 heterocycles. The predicted molar refractivity (Wildman–Crippen MR) is 171 cm³/mol. The maximum atomic E-state index is 12.8. The van der Waals surface area contributed by atoms with Crippen molar-refractivity contribution in [3.05, 3.63) is 0 Å². The van der Waals surface area contributed by atoms with Crippen LogP contribution >= 0.6 is 21.6 Å². The highest BCUT2D eigenvalue weighted by Crippen LogP contribution is 2.24. The Morgan fingerprint density at radius 3 is 1.26 bits per heavy atom. The molecule has 0 rings (SSSR count). The first-order valence-electron chi connectivity index (χ1n) is 14.3. The Morgan fingerprint density at radius 2 is 0.957 bits per heavy atom. The number of ether oxygens (including phenoxy) is 6. The highest BCUT2D eigenvalue weighted by Gasteiger charge is 2.28. The summed E-state index contributed by atoms with van der Waals surface area (Å²) in [6.45, 7) is 13.3. The second-order valence-corrected chi connectivity index (χ2v) is 13.4. The minimum Gasteiger partial charge on any atom is -0.463 e. The summed E-state index contributed by atoms with van der Waals surface area (Å²) in [4.78, 5) is 72.9. The van der Waals surface area contributed by atoms with Gasteiger partial charge in [-0.1, -0.05) is 33.4 Å². The average Bonchev–Trinajstić information content (AvgIpc) is 2.91. The van der Waals surface area contributed by atoms with Crippen molar-refractivity contribution in [2.45, 2.75) is 91.5 Å². The fraction of sp³-hybridized carbons (Fsp3) is 0.667. The Morgan fingerprint density at radius 1 is 0.609 bits per heavy atom. The third kappa shape index (κ3) is 23.6.